The molecule has 0 bridgehead atoms. The number of hydrogen-bond acceptors (Lipinski definition) is 4. The van der Waals surface area contributed by atoms with Crippen molar-refractivity contribution in [3.63, 3.8) is 0 Å². The Morgan fingerprint density at radius 3 is 2.48 bits per heavy atom. The number of hydrogen-bond donors (Lipinski definition) is 0. The first-order valence-corrected chi connectivity index (χ1v) is 8.78. The summed E-state index contributed by atoms with van der Waals surface area (Å²) in [4.78, 5) is 17.1. The molecule has 4 rings (SSSR count). The van der Waals surface area contributed by atoms with Crippen LogP contribution in [0.2, 0.25) is 0 Å². The van der Waals surface area contributed by atoms with Gasteiger partial charge in [-0.15, -0.1) is 0 Å². The Labute approximate surface area is 156 Å². The fraction of sp³-hybridized carbons (Fsp3) is 0.143. The summed E-state index contributed by atoms with van der Waals surface area (Å²) < 4.78 is 2.88. The molecule has 6 heteroatoms. The van der Waals surface area contributed by atoms with Gasteiger partial charge in [-0.05, 0) is 29.2 Å². The maximum atomic E-state index is 12.7. The first kappa shape index (κ1) is 16.9. The largest absolute Gasteiger partial charge is 0.285 e. The van der Waals surface area contributed by atoms with Gasteiger partial charge in [-0.2, -0.15) is 14.9 Å². The monoisotopic (exact) mass is 357 g/mol. The molecule has 0 radical (unpaired) electrons. The van der Waals surface area contributed by atoms with Gasteiger partial charge in [0, 0.05) is 0 Å². The van der Waals surface area contributed by atoms with Crippen molar-refractivity contribution >= 4 is 17.2 Å². The standard InChI is InChI=1S/C21H19N5O/c1-15(2)17-10-8-16(9-11-17)12-23-25-14-22-20-19(21(25)27)13-24-26(20)18-6-4-3-5-7-18/h3-15H,1-2H3/b23-12-. The van der Waals surface area contributed by atoms with Crippen molar-refractivity contribution in [2.24, 2.45) is 5.10 Å². The van der Waals surface area contributed by atoms with E-state index in [9.17, 15) is 4.79 Å². The van der Waals surface area contributed by atoms with E-state index in [1.807, 2.05) is 42.5 Å². The van der Waals surface area contributed by atoms with Gasteiger partial charge in [-0.25, -0.2) is 9.67 Å². The minimum Gasteiger partial charge on any atom is -0.266 e. The van der Waals surface area contributed by atoms with Crippen molar-refractivity contribution in [3.8, 4) is 5.69 Å². The van der Waals surface area contributed by atoms with Crippen LogP contribution in [0, 0.1) is 0 Å². The Morgan fingerprint density at radius 1 is 1.04 bits per heavy atom. The molecule has 0 saturated carbocycles. The second-order valence-corrected chi connectivity index (χ2v) is 6.59. The Bertz CT molecular complexity index is 1150. The molecule has 0 saturated heterocycles. The zero-order valence-electron chi connectivity index (χ0n) is 15.1. The highest BCUT2D eigenvalue weighted by molar-refractivity contribution is 5.80. The lowest BCUT2D eigenvalue weighted by Gasteiger charge is -2.04. The third kappa shape index (κ3) is 3.29. The average Bonchev–Trinajstić information content (AvgIpc) is 3.13. The zero-order valence-corrected chi connectivity index (χ0v) is 15.1. The molecule has 0 amide bonds. The summed E-state index contributed by atoms with van der Waals surface area (Å²) in [6.07, 6.45) is 4.60. The quantitative estimate of drug-likeness (QED) is 0.524. The molecule has 0 aliphatic heterocycles. The lowest BCUT2D eigenvalue weighted by Crippen LogP contribution is -2.17. The third-order valence-electron chi connectivity index (χ3n) is 4.41. The molecule has 6 nitrogen and oxygen atoms in total. The van der Waals surface area contributed by atoms with E-state index in [1.165, 1.54) is 22.8 Å². The fourth-order valence-corrected chi connectivity index (χ4v) is 2.84. The number of fused-ring (bicyclic) bond motifs is 1. The van der Waals surface area contributed by atoms with Gasteiger partial charge in [0.2, 0.25) is 0 Å². The number of aromatic nitrogens is 4. The van der Waals surface area contributed by atoms with E-state index in [-0.39, 0.29) is 5.56 Å². The Hall–Kier alpha value is -3.54. The maximum Gasteiger partial charge on any atom is 0.285 e. The highest BCUT2D eigenvalue weighted by Gasteiger charge is 2.10. The minimum absolute atomic E-state index is 0.253. The summed E-state index contributed by atoms with van der Waals surface area (Å²) in [6, 6.07) is 17.7. The molecule has 0 unspecified atom stereocenters. The summed E-state index contributed by atoms with van der Waals surface area (Å²) in [5, 5.41) is 8.99. The summed E-state index contributed by atoms with van der Waals surface area (Å²) in [5.74, 6) is 0.478. The first-order chi connectivity index (χ1) is 13.1. The van der Waals surface area contributed by atoms with E-state index in [0.717, 1.165) is 11.3 Å². The third-order valence-corrected chi connectivity index (χ3v) is 4.41. The summed E-state index contributed by atoms with van der Waals surface area (Å²) in [6.45, 7) is 4.30. The molecule has 0 aliphatic carbocycles. The van der Waals surface area contributed by atoms with Gasteiger partial charge in [0.1, 0.15) is 11.7 Å². The van der Waals surface area contributed by atoms with Crippen molar-refractivity contribution < 1.29 is 0 Å². The molecule has 0 aliphatic rings. The summed E-state index contributed by atoms with van der Waals surface area (Å²) in [5.41, 5.74) is 3.30. The number of nitrogens with zero attached hydrogens (tertiary/aromatic N) is 5. The average molecular weight is 357 g/mol. The Morgan fingerprint density at radius 2 is 1.78 bits per heavy atom. The van der Waals surface area contributed by atoms with Crippen LogP contribution in [0.5, 0.6) is 0 Å². The first-order valence-electron chi connectivity index (χ1n) is 8.78. The predicted molar refractivity (Wildman–Crippen MR) is 107 cm³/mol. The van der Waals surface area contributed by atoms with Crippen LogP contribution in [0.25, 0.3) is 16.7 Å². The van der Waals surface area contributed by atoms with Crippen LogP contribution in [-0.2, 0) is 0 Å². The fourth-order valence-electron chi connectivity index (χ4n) is 2.84. The molecule has 0 atom stereocenters. The van der Waals surface area contributed by atoms with Crippen LogP contribution in [0.1, 0.15) is 30.9 Å². The molecule has 0 spiro atoms. The SMILES string of the molecule is CC(C)c1ccc(/C=N\n2cnc3c(cnn3-c3ccccc3)c2=O)cc1. The van der Waals surface area contributed by atoms with Crippen molar-refractivity contribution in [3.05, 3.63) is 88.6 Å². The molecule has 0 fully saturated rings. The molecule has 4 aromatic rings. The number of rotatable bonds is 4. The molecule has 2 aromatic heterocycles. The van der Waals surface area contributed by atoms with Gasteiger partial charge in [0.15, 0.2) is 5.65 Å². The van der Waals surface area contributed by atoms with Crippen molar-refractivity contribution in [1.82, 2.24) is 19.4 Å². The van der Waals surface area contributed by atoms with E-state index in [0.29, 0.717) is 17.0 Å². The van der Waals surface area contributed by atoms with Crippen LogP contribution in [0.3, 0.4) is 0 Å². The van der Waals surface area contributed by atoms with Crippen LogP contribution in [-0.4, -0.2) is 25.7 Å². The molecule has 27 heavy (non-hydrogen) atoms. The minimum atomic E-state index is -0.253. The molecule has 134 valence electrons. The highest BCUT2D eigenvalue weighted by Crippen LogP contribution is 2.14. The van der Waals surface area contributed by atoms with Crippen molar-refractivity contribution in [1.29, 1.82) is 0 Å². The lowest BCUT2D eigenvalue weighted by molar-refractivity contribution is 0.809. The van der Waals surface area contributed by atoms with Gasteiger partial charge < -0.3 is 0 Å². The van der Waals surface area contributed by atoms with Crippen LogP contribution in [0.15, 0.2) is 77.0 Å². The molecular formula is C21H19N5O. The van der Waals surface area contributed by atoms with Gasteiger partial charge in [0.05, 0.1) is 18.1 Å². The van der Waals surface area contributed by atoms with Crippen molar-refractivity contribution in [2.45, 2.75) is 19.8 Å². The van der Waals surface area contributed by atoms with E-state index in [2.05, 4.69) is 41.2 Å². The smallest absolute Gasteiger partial charge is 0.266 e. The lowest BCUT2D eigenvalue weighted by atomic mass is 10.0. The van der Waals surface area contributed by atoms with Crippen LogP contribution < -0.4 is 5.56 Å². The van der Waals surface area contributed by atoms with Gasteiger partial charge in [-0.1, -0.05) is 56.3 Å². The maximum absolute atomic E-state index is 12.7. The second kappa shape index (κ2) is 6.99. The topological polar surface area (TPSA) is 65.1 Å². The van der Waals surface area contributed by atoms with Gasteiger partial charge in [0.25, 0.3) is 5.56 Å². The van der Waals surface area contributed by atoms with E-state index in [1.54, 1.807) is 10.9 Å². The van der Waals surface area contributed by atoms with Gasteiger partial charge >= 0.3 is 0 Å². The van der Waals surface area contributed by atoms with Crippen LogP contribution in [0.4, 0.5) is 0 Å². The zero-order chi connectivity index (χ0) is 18.8. The summed E-state index contributed by atoms with van der Waals surface area (Å²) in [7, 11) is 0. The molecule has 2 aromatic carbocycles. The highest BCUT2D eigenvalue weighted by atomic mass is 16.1. The number of para-hydroxylation sites is 1. The summed E-state index contributed by atoms with van der Waals surface area (Å²) >= 11 is 0. The van der Waals surface area contributed by atoms with E-state index < -0.39 is 0 Å². The molecular weight excluding hydrogens is 338 g/mol. The molecule has 0 N–H and O–H groups in total. The van der Waals surface area contributed by atoms with E-state index in [4.69, 9.17) is 0 Å². The molecule has 2 heterocycles. The van der Waals surface area contributed by atoms with E-state index >= 15 is 0 Å². The van der Waals surface area contributed by atoms with Crippen LogP contribution >= 0.6 is 0 Å². The Kier molecular flexibility index (Phi) is 4.38. The number of benzene rings is 2. The Balaban J connectivity index is 1.67. The van der Waals surface area contributed by atoms with Gasteiger partial charge in [-0.3, -0.25) is 4.79 Å². The van der Waals surface area contributed by atoms with Crippen molar-refractivity contribution in [2.75, 3.05) is 0 Å². The second-order valence-electron chi connectivity index (χ2n) is 6.59. The normalized spacial score (nSPS) is 11.7. The predicted octanol–water partition coefficient (Wildman–Crippen LogP) is 3.59.